The van der Waals surface area contributed by atoms with E-state index in [1.807, 2.05) is 119 Å². The number of Topliss-reactive ketones (excluding diaryl/α,β-unsaturated/α-hetero) is 1. The third kappa shape index (κ3) is 8.35. The molecule has 1 aromatic heterocycles. The normalized spacial score (nSPS) is 13.1. The molecule has 54 heavy (non-hydrogen) atoms. The van der Waals surface area contributed by atoms with E-state index in [-0.39, 0.29) is 35.5 Å². The maximum atomic E-state index is 15.4. The van der Waals surface area contributed by atoms with Gasteiger partial charge in [0.2, 0.25) is 11.8 Å². The van der Waals surface area contributed by atoms with Gasteiger partial charge in [-0.05, 0) is 58.9 Å². The highest BCUT2D eigenvalue weighted by atomic mass is 31.2. The number of unbranched alkanes of at least 4 members (excludes halogenated alkanes) is 1. The molecule has 0 spiro atoms. The van der Waals surface area contributed by atoms with Crippen LogP contribution in [0.25, 0.3) is 11.5 Å². The van der Waals surface area contributed by atoms with Gasteiger partial charge in [0.05, 0.1) is 11.6 Å². The summed E-state index contributed by atoms with van der Waals surface area (Å²) in [5.41, 5.74) is -1.36. The Labute approximate surface area is 313 Å². The van der Waals surface area contributed by atoms with Crippen LogP contribution in [0.4, 0.5) is 18.0 Å². The molecule has 0 fully saturated rings. The molecule has 0 aliphatic carbocycles. The zero-order valence-corrected chi connectivity index (χ0v) is 31.4. The minimum atomic E-state index is -4.52. The van der Waals surface area contributed by atoms with Gasteiger partial charge in [0.15, 0.2) is 5.78 Å². The molecule has 5 aromatic rings. The van der Waals surface area contributed by atoms with Crippen LogP contribution < -0.4 is 15.9 Å². The van der Waals surface area contributed by atoms with E-state index >= 15 is 4.79 Å². The number of alkyl halides is 3. The van der Waals surface area contributed by atoms with Crippen molar-refractivity contribution in [2.75, 3.05) is 0 Å². The molecule has 1 N–H and O–H groups in total. The highest BCUT2D eigenvalue weighted by molar-refractivity contribution is 7.97. The van der Waals surface area contributed by atoms with Crippen molar-refractivity contribution in [1.82, 2.24) is 15.1 Å². The molecular weight excluding hydrogens is 712 g/mol. The lowest BCUT2D eigenvalue weighted by Gasteiger charge is -2.42. The summed E-state index contributed by atoms with van der Waals surface area (Å²) in [4.78, 5) is 30.1. The first-order valence-electron chi connectivity index (χ1n) is 17.6. The number of carbonyl (C=O) groups excluding carboxylic acids is 1. The SMILES string of the molecule is CCCC[C@@H](C(=O)C(C#N)=P(c1ccccc1)(c1ccccc1)c1ccccc1)N(C(=O)O)C(Cc1nnc(-c2ccc(C(F)(F)F)cc2)o1)C(C)(C)C. The number of halogens is 3. The van der Waals surface area contributed by atoms with E-state index < -0.39 is 48.0 Å². The number of hydrogen-bond donors (Lipinski definition) is 1. The Morgan fingerprint density at radius 1 is 0.833 bits per heavy atom. The molecule has 1 heterocycles. The van der Waals surface area contributed by atoms with E-state index in [1.54, 1.807) is 0 Å². The van der Waals surface area contributed by atoms with Gasteiger partial charge in [-0.3, -0.25) is 9.69 Å². The number of hydrogen-bond acceptors (Lipinski definition) is 6. The third-order valence-electron chi connectivity index (χ3n) is 9.43. The van der Waals surface area contributed by atoms with Gasteiger partial charge in [0.25, 0.3) is 0 Å². The lowest BCUT2D eigenvalue weighted by Crippen LogP contribution is -2.57. The van der Waals surface area contributed by atoms with Gasteiger partial charge in [-0.25, -0.2) is 4.79 Å². The maximum Gasteiger partial charge on any atom is 0.416 e. The lowest BCUT2D eigenvalue weighted by atomic mass is 9.82. The number of ketones is 1. The van der Waals surface area contributed by atoms with E-state index in [4.69, 9.17) is 4.42 Å². The Kier molecular flexibility index (Phi) is 12.3. The van der Waals surface area contributed by atoms with Gasteiger partial charge in [0.1, 0.15) is 11.4 Å². The largest absolute Gasteiger partial charge is 0.465 e. The van der Waals surface area contributed by atoms with E-state index in [1.165, 1.54) is 12.1 Å². The Bertz CT molecular complexity index is 2040. The van der Waals surface area contributed by atoms with Crippen LogP contribution in [0.3, 0.4) is 0 Å². The summed E-state index contributed by atoms with van der Waals surface area (Å²) in [6.07, 6.45) is -4.65. The molecule has 0 aliphatic rings. The van der Waals surface area contributed by atoms with Crippen molar-refractivity contribution in [2.45, 2.75) is 71.6 Å². The highest BCUT2D eigenvalue weighted by Gasteiger charge is 2.44. The fraction of sp³-hybridized carbons (Fsp3) is 0.286. The second kappa shape index (κ2) is 16.7. The van der Waals surface area contributed by atoms with Gasteiger partial charge < -0.3 is 9.52 Å². The number of carboxylic acid groups (broad SMARTS) is 1. The number of carbonyl (C=O) groups is 2. The molecule has 8 nitrogen and oxygen atoms in total. The number of nitriles is 1. The summed E-state index contributed by atoms with van der Waals surface area (Å²) in [5.74, 6) is -0.569. The van der Waals surface area contributed by atoms with Gasteiger partial charge in [0, 0.05) is 18.0 Å². The second-order valence-electron chi connectivity index (χ2n) is 14.0. The lowest BCUT2D eigenvalue weighted by molar-refractivity contribution is -0.137. The van der Waals surface area contributed by atoms with Crippen LogP contribution in [-0.2, 0) is 17.4 Å². The molecule has 0 aliphatic heterocycles. The van der Waals surface area contributed by atoms with Gasteiger partial charge in [-0.1, -0.05) is 132 Å². The fourth-order valence-corrected chi connectivity index (χ4v) is 10.9. The number of benzene rings is 4. The Balaban J connectivity index is 1.69. The highest BCUT2D eigenvalue weighted by Crippen LogP contribution is 2.47. The number of aromatic nitrogens is 2. The Hall–Kier alpha value is -5.46. The molecule has 2 atom stereocenters. The molecule has 0 bridgehead atoms. The van der Waals surface area contributed by atoms with Gasteiger partial charge in [-0.2, -0.15) is 18.4 Å². The minimum Gasteiger partial charge on any atom is -0.465 e. The van der Waals surface area contributed by atoms with Crippen molar-refractivity contribution in [2.24, 2.45) is 5.41 Å². The third-order valence-corrected chi connectivity index (χ3v) is 13.6. The molecule has 12 heteroatoms. The van der Waals surface area contributed by atoms with Crippen molar-refractivity contribution in [3.63, 3.8) is 0 Å². The minimum absolute atomic E-state index is 0.0199. The topological polar surface area (TPSA) is 120 Å². The van der Waals surface area contributed by atoms with Crippen LogP contribution in [-0.4, -0.2) is 49.5 Å². The number of nitrogens with zero attached hydrogens (tertiary/aromatic N) is 4. The average molecular weight is 755 g/mol. The summed E-state index contributed by atoms with van der Waals surface area (Å²) >= 11 is 0. The van der Waals surface area contributed by atoms with Gasteiger partial charge >= 0.3 is 12.3 Å². The van der Waals surface area contributed by atoms with E-state index in [0.717, 1.165) is 32.9 Å². The summed E-state index contributed by atoms with van der Waals surface area (Å²) in [5, 5.41) is 32.7. The second-order valence-corrected chi connectivity index (χ2v) is 17.4. The molecule has 0 radical (unpaired) electrons. The van der Waals surface area contributed by atoms with E-state index in [0.29, 0.717) is 12.8 Å². The van der Waals surface area contributed by atoms with Crippen molar-refractivity contribution in [3.8, 4) is 17.5 Å². The number of amides is 1. The Morgan fingerprint density at radius 2 is 1.33 bits per heavy atom. The maximum absolute atomic E-state index is 15.4. The molecule has 4 aromatic carbocycles. The van der Waals surface area contributed by atoms with Crippen molar-refractivity contribution < 1.29 is 32.3 Å². The zero-order chi connectivity index (χ0) is 39.1. The quantitative estimate of drug-likeness (QED) is 0.120. The van der Waals surface area contributed by atoms with E-state index in [2.05, 4.69) is 16.3 Å². The first kappa shape index (κ1) is 39.7. The first-order chi connectivity index (χ1) is 25.7. The summed E-state index contributed by atoms with van der Waals surface area (Å²) in [6, 6.07) is 32.8. The van der Waals surface area contributed by atoms with Crippen LogP contribution in [0, 0.1) is 16.7 Å². The van der Waals surface area contributed by atoms with Crippen LogP contribution in [0.2, 0.25) is 0 Å². The average Bonchev–Trinajstić information content (AvgIpc) is 3.63. The predicted octanol–water partition coefficient (Wildman–Crippen LogP) is 8.51. The molecular formula is C42H42F3N4O4P. The fourth-order valence-electron chi connectivity index (χ4n) is 6.76. The predicted molar refractivity (Wildman–Crippen MR) is 206 cm³/mol. The summed E-state index contributed by atoms with van der Waals surface area (Å²) < 4.78 is 45.4. The van der Waals surface area contributed by atoms with Gasteiger partial charge in [-0.15, -0.1) is 10.2 Å². The van der Waals surface area contributed by atoms with Crippen molar-refractivity contribution in [3.05, 3.63) is 127 Å². The molecule has 1 amide bonds. The molecule has 0 saturated heterocycles. The van der Waals surface area contributed by atoms with Crippen LogP contribution in [0.5, 0.6) is 0 Å². The van der Waals surface area contributed by atoms with Crippen molar-refractivity contribution in [1.29, 1.82) is 5.26 Å². The van der Waals surface area contributed by atoms with Crippen LogP contribution in [0.15, 0.2) is 120 Å². The van der Waals surface area contributed by atoms with Crippen LogP contribution >= 0.6 is 6.89 Å². The smallest absolute Gasteiger partial charge is 0.416 e. The van der Waals surface area contributed by atoms with Crippen molar-refractivity contribution >= 4 is 40.0 Å². The first-order valence-corrected chi connectivity index (χ1v) is 19.4. The van der Waals surface area contributed by atoms with E-state index in [9.17, 15) is 28.3 Å². The molecule has 1 unspecified atom stereocenters. The zero-order valence-electron chi connectivity index (χ0n) is 30.5. The number of rotatable bonds is 13. The molecule has 280 valence electrons. The Morgan fingerprint density at radius 3 is 1.74 bits per heavy atom. The summed E-state index contributed by atoms with van der Waals surface area (Å²) in [6.45, 7) is 4.28. The standard InChI is InChI=1S/C42H42F3N4O4P/c1-5-6-22-34(38(50)35(28-46)54(31-16-10-7-11-17-31,32-18-12-8-13-19-32)33-20-14-9-15-21-33)49(40(51)52)36(41(2,3)4)27-37-47-48-39(53-37)29-23-25-30(26-24-29)42(43,44)45/h7-21,23-26,34,36H,5-6,22,27H2,1-4H3,(H,51,52)/t34-,36?/m0/s1. The molecule has 5 rings (SSSR count). The molecule has 0 saturated carbocycles. The summed E-state index contributed by atoms with van der Waals surface area (Å²) in [7, 11) is 0. The monoisotopic (exact) mass is 754 g/mol. The van der Waals surface area contributed by atoms with Crippen LogP contribution in [0.1, 0.15) is 58.4 Å².